The minimum atomic E-state index is -0.179. The third kappa shape index (κ3) is 1.91. The van der Waals surface area contributed by atoms with E-state index in [1.807, 2.05) is 0 Å². The number of carbonyl (C=O) groups excluding carboxylic acids is 1. The molecular formula is C13H15N3O2. The molecule has 5 nitrogen and oxygen atoms in total. The van der Waals surface area contributed by atoms with Crippen molar-refractivity contribution in [3.05, 3.63) is 23.8 Å². The van der Waals surface area contributed by atoms with Gasteiger partial charge in [0.2, 0.25) is 5.91 Å². The summed E-state index contributed by atoms with van der Waals surface area (Å²) in [6.45, 7) is 0.597. The number of methoxy groups -OCH3 is 1. The second kappa shape index (κ2) is 5.07. The second-order valence-electron chi connectivity index (χ2n) is 4.09. The molecule has 1 saturated heterocycles. The molecule has 1 aromatic carbocycles. The van der Waals surface area contributed by atoms with Crippen LogP contribution in [0.3, 0.4) is 0 Å². The Balaban J connectivity index is 2.45. The lowest BCUT2D eigenvalue weighted by Crippen LogP contribution is -2.36. The Morgan fingerprint density at radius 2 is 2.33 bits per heavy atom. The quantitative estimate of drug-likeness (QED) is 0.859. The molecule has 1 heterocycles. The first kappa shape index (κ1) is 12.4. The molecule has 0 aromatic heterocycles. The predicted octanol–water partition coefficient (Wildman–Crippen LogP) is 0.892. The Bertz CT molecular complexity index is 507. The average Bonchev–Trinajstić information content (AvgIpc) is 2.78. The number of benzene rings is 1. The van der Waals surface area contributed by atoms with E-state index in [2.05, 4.69) is 11.4 Å². The van der Waals surface area contributed by atoms with Gasteiger partial charge in [0.15, 0.2) is 0 Å². The molecule has 1 aliphatic heterocycles. The van der Waals surface area contributed by atoms with Gasteiger partial charge in [0, 0.05) is 6.54 Å². The number of nitriles is 1. The van der Waals surface area contributed by atoms with Crippen molar-refractivity contribution < 1.29 is 9.53 Å². The maximum absolute atomic E-state index is 12.2. The largest absolute Gasteiger partial charge is 0.495 e. The number of amides is 1. The average molecular weight is 245 g/mol. The van der Waals surface area contributed by atoms with Crippen LogP contribution >= 0.6 is 0 Å². The number of likely N-dealkylation sites (N-methyl/N-ethyl adjacent to an activating group) is 1. The molecule has 18 heavy (non-hydrogen) atoms. The van der Waals surface area contributed by atoms with Crippen LogP contribution in [0.2, 0.25) is 0 Å². The molecule has 1 fully saturated rings. The first-order chi connectivity index (χ1) is 8.72. The van der Waals surface area contributed by atoms with Crippen molar-refractivity contribution in [2.24, 2.45) is 0 Å². The van der Waals surface area contributed by atoms with Crippen molar-refractivity contribution in [1.82, 2.24) is 5.32 Å². The minimum Gasteiger partial charge on any atom is -0.495 e. The normalized spacial score (nSPS) is 18.8. The molecule has 1 aliphatic rings. The molecule has 0 aliphatic carbocycles. The van der Waals surface area contributed by atoms with Gasteiger partial charge in [0.05, 0.1) is 18.7 Å². The molecule has 1 atom stereocenters. The monoisotopic (exact) mass is 245 g/mol. The van der Waals surface area contributed by atoms with Crippen molar-refractivity contribution >= 4 is 11.6 Å². The fourth-order valence-electron chi connectivity index (χ4n) is 2.23. The van der Waals surface area contributed by atoms with Crippen molar-refractivity contribution in [1.29, 1.82) is 5.26 Å². The summed E-state index contributed by atoms with van der Waals surface area (Å²) in [5, 5.41) is 12.1. The fraction of sp³-hybridized carbons (Fsp3) is 0.385. The van der Waals surface area contributed by atoms with Crippen LogP contribution in [0.15, 0.2) is 18.2 Å². The number of hydrogen-bond donors (Lipinski definition) is 1. The Morgan fingerprint density at radius 3 is 2.89 bits per heavy atom. The minimum absolute atomic E-state index is 0.0153. The van der Waals surface area contributed by atoms with Crippen LogP contribution in [0.25, 0.3) is 0 Å². The lowest BCUT2D eigenvalue weighted by atomic mass is 10.1. The van der Waals surface area contributed by atoms with E-state index in [1.54, 1.807) is 30.1 Å². The van der Waals surface area contributed by atoms with E-state index in [4.69, 9.17) is 10.00 Å². The van der Waals surface area contributed by atoms with Crippen molar-refractivity contribution in [2.45, 2.75) is 12.5 Å². The molecule has 94 valence electrons. The predicted molar refractivity (Wildman–Crippen MR) is 67.5 cm³/mol. The van der Waals surface area contributed by atoms with E-state index in [9.17, 15) is 4.79 Å². The first-order valence-corrected chi connectivity index (χ1v) is 5.78. The van der Waals surface area contributed by atoms with Gasteiger partial charge in [0.1, 0.15) is 17.5 Å². The third-order valence-corrected chi connectivity index (χ3v) is 3.16. The summed E-state index contributed by atoms with van der Waals surface area (Å²) >= 11 is 0. The molecule has 5 heteroatoms. The topological polar surface area (TPSA) is 65.4 Å². The van der Waals surface area contributed by atoms with Crippen LogP contribution < -0.4 is 15.0 Å². The molecular weight excluding hydrogens is 230 g/mol. The number of ether oxygens (including phenoxy) is 1. The molecule has 1 N–H and O–H groups in total. The van der Waals surface area contributed by atoms with Crippen LogP contribution in [-0.4, -0.2) is 32.7 Å². The van der Waals surface area contributed by atoms with E-state index >= 15 is 0 Å². The number of nitrogens with one attached hydrogen (secondary N) is 1. The molecule has 0 radical (unpaired) electrons. The number of hydrogen-bond acceptors (Lipinski definition) is 4. The van der Waals surface area contributed by atoms with E-state index < -0.39 is 0 Å². The van der Waals surface area contributed by atoms with Gasteiger partial charge in [-0.3, -0.25) is 4.79 Å². The Morgan fingerprint density at radius 1 is 1.56 bits per heavy atom. The molecule has 1 aromatic rings. The first-order valence-electron chi connectivity index (χ1n) is 5.78. The van der Waals surface area contributed by atoms with Crippen LogP contribution in [0, 0.1) is 11.3 Å². The number of carbonyl (C=O) groups is 1. The highest BCUT2D eigenvalue weighted by Gasteiger charge is 2.34. The van der Waals surface area contributed by atoms with Gasteiger partial charge in [0.25, 0.3) is 0 Å². The molecule has 2 rings (SSSR count). The molecule has 0 bridgehead atoms. The zero-order valence-corrected chi connectivity index (χ0v) is 10.4. The van der Waals surface area contributed by atoms with Crippen molar-refractivity contribution in [3.63, 3.8) is 0 Å². The van der Waals surface area contributed by atoms with Gasteiger partial charge in [-0.05, 0) is 25.6 Å². The number of anilines is 1. The van der Waals surface area contributed by atoms with Crippen LogP contribution in [-0.2, 0) is 4.79 Å². The van der Waals surface area contributed by atoms with Crippen LogP contribution in [0.5, 0.6) is 5.75 Å². The van der Waals surface area contributed by atoms with E-state index in [0.717, 1.165) is 6.42 Å². The maximum atomic E-state index is 12.2. The van der Waals surface area contributed by atoms with Crippen molar-refractivity contribution in [3.8, 4) is 11.8 Å². The third-order valence-electron chi connectivity index (χ3n) is 3.16. The SMILES string of the molecule is CNC1CCN(c2c(C#N)cccc2OC)C1=O. The van der Waals surface area contributed by atoms with Gasteiger partial charge in [-0.25, -0.2) is 0 Å². The Kier molecular flexibility index (Phi) is 3.49. The second-order valence-corrected chi connectivity index (χ2v) is 4.09. The number of nitrogens with zero attached hydrogens (tertiary/aromatic N) is 2. The number of rotatable bonds is 3. The standard InChI is InChI=1S/C13H15N3O2/c1-15-10-6-7-16(13(10)17)12-9(8-14)4-3-5-11(12)18-2/h3-5,10,15H,6-7H2,1-2H3. The highest BCUT2D eigenvalue weighted by molar-refractivity contribution is 6.01. The smallest absolute Gasteiger partial charge is 0.244 e. The Labute approximate surface area is 106 Å². The summed E-state index contributed by atoms with van der Waals surface area (Å²) in [6, 6.07) is 7.13. The van der Waals surface area contributed by atoms with Gasteiger partial charge >= 0.3 is 0 Å². The van der Waals surface area contributed by atoms with Crippen molar-refractivity contribution in [2.75, 3.05) is 25.6 Å². The van der Waals surface area contributed by atoms with Crippen LogP contribution in [0.1, 0.15) is 12.0 Å². The zero-order chi connectivity index (χ0) is 13.1. The van der Waals surface area contributed by atoms with Gasteiger partial charge < -0.3 is 15.0 Å². The summed E-state index contributed by atoms with van der Waals surface area (Å²) in [6.07, 6.45) is 0.734. The molecule has 0 spiro atoms. The highest BCUT2D eigenvalue weighted by Crippen LogP contribution is 2.34. The molecule has 1 unspecified atom stereocenters. The van der Waals surface area contributed by atoms with E-state index in [1.165, 1.54) is 7.11 Å². The van der Waals surface area contributed by atoms with Gasteiger partial charge in [-0.2, -0.15) is 5.26 Å². The van der Waals surface area contributed by atoms with Gasteiger partial charge in [-0.1, -0.05) is 6.07 Å². The summed E-state index contributed by atoms with van der Waals surface area (Å²) in [5.74, 6) is 0.539. The zero-order valence-electron chi connectivity index (χ0n) is 10.4. The molecule has 1 amide bonds. The highest BCUT2D eigenvalue weighted by atomic mass is 16.5. The van der Waals surface area contributed by atoms with Gasteiger partial charge in [-0.15, -0.1) is 0 Å². The Hall–Kier alpha value is -2.06. The summed E-state index contributed by atoms with van der Waals surface area (Å²) < 4.78 is 5.25. The van der Waals surface area contributed by atoms with E-state index in [0.29, 0.717) is 23.5 Å². The molecule has 0 saturated carbocycles. The lowest BCUT2D eigenvalue weighted by Gasteiger charge is -2.20. The summed E-state index contributed by atoms with van der Waals surface area (Å²) in [7, 11) is 3.30. The fourth-order valence-corrected chi connectivity index (χ4v) is 2.23. The summed E-state index contributed by atoms with van der Waals surface area (Å²) in [4.78, 5) is 13.8. The van der Waals surface area contributed by atoms with Crippen LogP contribution in [0.4, 0.5) is 5.69 Å². The lowest BCUT2D eigenvalue weighted by molar-refractivity contribution is -0.118. The maximum Gasteiger partial charge on any atom is 0.244 e. The number of para-hydroxylation sites is 1. The summed E-state index contributed by atoms with van der Waals surface area (Å²) in [5.41, 5.74) is 1.03. The van der Waals surface area contributed by atoms with E-state index in [-0.39, 0.29) is 11.9 Å².